The molecule has 15 heavy (non-hydrogen) atoms. The maximum Gasteiger partial charge on any atom is 0.297 e. The van der Waals surface area contributed by atoms with Crippen molar-refractivity contribution in [2.75, 3.05) is 6.61 Å². The normalized spacial score (nSPS) is 32.0. The van der Waals surface area contributed by atoms with Gasteiger partial charge in [0.1, 0.15) is 5.92 Å². The summed E-state index contributed by atoms with van der Waals surface area (Å²) in [5.41, 5.74) is 2.81. The molecular weight excluding hydrogens is 212 g/mol. The Morgan fingerprint density at radius 3 is 3.40 bits per heavy atom. The van der Waals surface area contributed by atoms with E-state index in [9.17, 15) is 4.79 Å². The number of hydrazone groups is 1. The van der Waals surface area contributed by atoms with Crippen LogP contribution in [0.3, 0.4) is 0 Å². The summed E-state index contributed by atoms with van der Waals surface area (Å²) >= 11 is 1.64. The van der Waals surface area contributed by atoms with Gasteiger partial charge in [-0.2, -0.15) is 0 Å². The molecule has 0 spiro atoms. The van der Waals surface area contributed by atoms with Gasteiger partial charge in [-0.25, -0.2) is 0 Å². The number of hydrogen-bond donors (Lipinski definition) is 1. The molecule has 3 rings (SSSR count). The molecule has 0 aromatic carbocycles. The zero-order chi connectivity index (χ0) is 10.3. The summed E-state index contributed by atoms with van der Waals surface area (Å²) < 4.78 is 7.31. The maximum absolute atomic E-state index is 11.5. The monoisotopic (exact) mass is 223 g/mol. The van der Waals surface area contributed by atoms with Gasteiger partial charge >= 0.3 is 0 Å². The third kappa shape index (κ3) is 1.48. The SMILES string of the molecule is O=C1N[N+](=Cc2cccs2)C2OCCC12. The molecule has 0 radical (unpaired) electrons. The van der Waals surface area contributed by atoms with Crippen LogP contribution in [0.1, 0.15) is 11.3 Å². The number of carbonyl (C=O) groups is 1. The zero-order valence-corrected chi connectivity index (χ0v) is 8.87. The van der Waals surface area contributed by atoms with Gasteiger partial charge in [0.25, 0.3) is 12.1 Å². The van der Waals surface area contributed by atoms with E-state index in [1.54, 1.807) is 16.0 Å². The van der Waals surface area contributed by atoms with Crippen molar-refractivity contribution < 1.29 is 14.2 Å². The van der Waals surface area contributed by atoms with Gasteiger partial charge in [-0.15, -0.1) is 16.8 Å². The second kappa shape index (κ2) is 3.43. The lowest BCUT2D eigenvalue weighted by atomic mass is 10.1. The van der Waals surface area contributed by atoms with Crippen molar-refractivity contribution >= 4 is 23.5 Å². The minimum absolute atomic E-state index is 0.00112. The van der Waals surface area contributed by atoms with Crippen LogP contribution in [0.15, 0.2) is 17.5 Å². The fourth-order valence-corrected chi connectivity index (χ4v) is 2.64. The lowest BCUT2D eigenvalue weighted by Crippen LogP contribution is -2.31. The highest BCUT2D eigenvalue weighted by Crippen LogP contribution is 2.25. The van der Waals surface area contributed by atoms with Gasteiger partial charge in [-0.1, -0.05) is 10.8 Å². The average Bonchev–Trinajstić information content (AvgIpc) is 2.89. The molecule has 1 aromatic heterocycles. The Labute approximate surface area is 91.2 Å². The molecular formula is C10H11N2O2S+. The lowest BCUT2D eigenvalue weighted by Gasteiger charge is -1.99. The smallest absolute Gasteiger partial charge is 0.297 e. The summed E-state index contributed by atoms with van der Waals surface area (Å²) in [6.07, 6.45) is 2.64. The molecule has 78 valence electrons. The largest absolute Gasteiger partial charge is 0.319 e. The van der Waals surface area contributed by atoms with Gasteiger partial charge in [-0.05, 0) is 17.9 Å². The first-order chi connectivity index (χ1) is 7.34. The molecule has 0 aliphatic carbocycles. The molecule has 2 aliphatic rings. The number of carbonyl (C=O) groups excluding carboxylic acids is 1. The average molecular weight is 223 g/mol. The summed E-state index contributed by atoms with van der Waals surface area (Å²) in [4.78, 5) is 12.7. The predicted octanol–water partition coefficient (Wildman–Crippen LogP) is 0.587. The van der Waals surface area contributed by atoms with Gasteiger partial charge < -0.3 is 4.74 Å². The Bertz CT molecular complexity index is 413. The fraction of sp³-hybridized carbons (Fsp3) is 0.400. The van der Waals surface area contributed by atoms with Crippen molar-refractivity contribution in [1.82, 2.24) is 5.43 Å². The summed E-state index contributed by atoms with van der Waals surface area (Å²) in [6, 6.07) is 4.00. The van der Waals surface area contributed by atoms with E-state index in [0.29, 0.717) is 6.61 Å². The van der Waals surface area contributed by atoms with E-state index in [0.717, 1.165) is 11.3 Å². The molecule has 1 N–H and O–H groups in total. The van der Waals surface area contributed by atoms with Crippen LogP contribution in [0, 0.1) is 5.92 Å². The summed E-state index contributed by atoms with van der Waals surface area (Å²) in [5.74, 6) is 0.0755. The number of fused-ring (bicyclic) bond motifs is 1. The van der Waals surface area contributed by atoms with E-state index < -0.39 is 0 Å². The van der Waals surface area contributed by atoms with Crippen LogP contribution >= 0.6 is 11.3 Å². The molecule has 2 aliphatic heterocycles. The van der Waals surface area contributed by atoms with Gasteiger partial charge in [0, 0.05) is 0 Å². The van der Waals surface area contributed by atoms with E-state index in [-0.39, 0.29) is 18.1 Å². The molecule has 0 bridgehead atoms. The Balaban J connectivity index is 1.91. The van der Waals surface area contributed by atoms with Gasteiger partial charge in [0.2, 0.25) is 6.21 Å². The van der Waals surface area contributed by atoms with Gasteiger partial charge in [-0.3, -0.25) is 4.79 Å². The Kier molecular flexibility index (Phi) is 2.07. The number of nitrogens with one attached hydrogen (secondary N) is 1. The molecule has 4 nitrogen and oxygen atoms in total. The van der Waals surface area contributed by atoms with Crippen LogP contribution in [-0.4, -0.2) is 29.6 Å². The fourth-order valence-electron chi connectivity index (χ4n) is 1.99. The minimum atomic E-state index is -0.111. The molecule has 5 heteroatoms. The summed E-state index contributed by atoms with van der Waals surface area (Å²) in [5, 5.41) is 2.01. The number of thiophene rings is 1. The van der Waals surface area contributed by atoms with E-state index >= 15 is 0 Å². The molecule has 2 atom stereocenters. The quantitative estimate of drug-likeness (QED) is 0.708. The first kappa shape index (κ1) is 9.06. The van der Waals surface area contributed by atoms with Gasteiger partial charge in [0.05, 0.1) is 11.5 Å². The molecule has 2 saturated heterocycles. The second-order valence-electron chi connectivity index (χ2n) is 3.68. The molecule has 3 heterocycles. The van der Waals surface area contributed by atoms with Crippen molar-refractivity contribution in [3.8, 4) is 0 Å². The minimum Gasteiger partial charge on any atom is -0.319 e. The molecule has 2 unspecified atom stereocenters. The standard InChI is InChI=1S/C10H10N2O2S/c13-9-8-3-4-14-10(8)12(11-9)6-7-2-1-5-15-7/h1-2,5-6,8,10H,3-4H2/p+1. The third-order valence-electron chi connectivity index (χ3n) is 2.72. The predicted molar refractivity (Wildman–Crippen MR) is 55.7 cm³/mol. The number of rotatable bonds is 1. The maximum atomic E-state index is 11.5. The zero-order valence-electron chi connectivity index (χ0n) is 8.05. The first-order valence-corrected chi connectivity index (χ1v) is 5.81. The first-order valence-electron chi connectivity index (χ1n) is 4.93. The second-order valence-corrected chi connectivity index (χ2v) is 4.66. The molecule has 1 aromatic rings. The highest BCUT2D eigenvalue weighted by Gasteiger charge is 2.50. The number of hydrogen-bond acceptors (Lipinski definition) is 3. The van der Waals surface area contributed by atoms with Crippen molar-refractivity contribution in [1.29, 1.82) is 0 Å². The van der Waals surface area contributed by atoms with Crippen LogP contribution in [0.25, 0.3) is 0 Å². The van der Waals surface area contributed by atoms with Crippen LogP contribution < -0.4 is 5.43 Å². The number of ether oxygens (including phenoxy) is 1. The van der Waals surface area contributed by atoms with Crippen LogP contribution in [0.2, 0.25) is 0 Å². The Morgan fingerprint density at radius 2 is 2.60 bits per heavy atom. The van der Waals surface area contributed by atoms with Crippen LogP contribution in [0.5, 0.6) is 0 Å². The number of hydrazine groups is 1. The number of amides is 1. The molecule has 0 saturated carbocycles. The number of nitrogens with zero attached hydrogens (tertiary/aromatic N) is 1. The summed E-state index contributed by atoms with van der Waals surface area (Å²) in [6.45, 7) is 0.678. The topological polar surface area (TPSA) is 41.3 Å². The van der Waals surface area contributed by atoms with Crippen molar-refractivity contribution in [3.63, 3.8) is 0 Å². The highest BCUT2D eigenvalue weighted by molar-refractivity contribution is 7.11. The molecule has 2 fully saturated rings. The highest BCUT2D eigenvalue weighted by atomic mass is 32.1. The van der Waals surface area contributed by atoms with E-state index in [2.05, 4.69) is 5.43 Å². The molecule has 1 amide bonds. The van der Waals surface area contributed by atoms with Crippen LogP contribution in [-0.2, 0) is 9.53 Å². The van der Waals surface area contributed by atoms with E-state index in [1.807, 2.05) is 23.7 Å². The van der Waals surface area contributed by atoms with Crippen molar-refractivity contribution in [2.45, 2.75) is 12.6 Å². The van der Waals surface area contributed by atoms with Crippen molar-refractivity contribution in [2.24, 2.45) is 5.92 Å². The van der Waals surface area contributed by atoms with Crippen molar-refractivity contribution in [3.05, 3.63) is 22.4 Å². The lowest BCUT2D eigenvalue weighted by molar-refractivity contribution is -0.630. The Morgan fingerprint density at radius 1 is 1.67 bits per heavy atom. The van der Waals surface area contributed by atoms with Gasteiger partial charge in [0.15, 0.2) is 0 Å². The van der Waals surface area contributed by atoms with E-state index in [4.69, 9.17) is 4.74 Å². The Hall–Kier alpha value is -1.20. The third-order valence-corrected chi connectivity index (χ3v) is 3.53. The van der Waals surface area contributed by atoms with E-state index in [1.165, 1.54) is 0 Å². The summed E-state index contributed by atoms with van der Waals surface area (Å²) in [7, 11) is 0. The van der Waals surface area contributed by atoms with Crippen LogP contribution in [0.4, 0.5) is 0 Å².